The van der Waals surface area contributed by atoms with Crippen LogP contribution in [0.2, 0.25) is 0 Å². The smallest absolute Gasteiger partial charge is 0.255 e. The number of benzene rings is 3. The van der Waals surface area contributed by atoms with Crippen LogP contribution in [0.15, 0.2) is 84.9 Å². The van der Waals surface area contributed by atoms with Gasteiger partial charge in [-0.15, -0.1) is 0 Å². The SMILES string of the molecule is CCN1CCCC1CNC(=O)c1ccccc1OC1CCN(CC(c2ccccc2)c2ccccc2)CC1. The first-order valence-electron chi connectivity index (χ1n) is 14.3. The number of nitrogens with one attached hydrogen (secondary N) is 1. The highest BCUT2D eigenvalue weighted by molar-refractivity contribution is 5.96. The molecule has 0 spiro atoms. The highest BCUT2D eigenvalue weighted by atomic mass is 16.5. The third-order valence-corrected chi connectivity index (χ3v) is 8.21. The second-order valence-electron chi connectivity index (χ2n) is 10.6. The fraction of sp³-hybridized carbons (Fsp3) is 0.424. The average Bonchev–Trinajstić information content (AvgIpc) is 3.44. The molecule has 0 aromatic heterocycles. The first-order valence-corrected chi connectivity index (χ1v) is 14.3. The molecule has 1 atom stereocenters. The third-order valence-electron chi connectivity index (χ3n) is 8.21. The van der Waals surface area contributed by atoms with Crippen LogP contribution in [-0.4, -0.2) is 67.1 Å². The van der Waals surface area contributed by atoms with E-state index in [4.69, 9.17) is 4.74 Å². The van der Waals surface area contributed by atoms with E-state index in [9.17, 15) is 4.79 Å². The van der Waals surface area contributed by atoms with E-state index < -0.39 is 0 Å². The topological polar surface area (TPSA) is 44.8 Å². The van der Waals surface area contributed by atoms with Crippen LogP contribution in [0.4, 0.5) is 0 Å². The van der Waals surface area contributed by atoms with Gasteiger partial charge in [0, 0.05) is 38.1 Å². The number of hydrogen-bond donors (Lipinski definition) is 1. The van der Waals surface area contributed by atoms with E-state index in [1.54, 1.807) is 0 Å². The number of nitrogens with zero attached hydrogens (tertiary/aromatic N) is 2. The van der Waals surface area contributed by atoms with Crippen molar-refractivity contribution in [2.45, 2.75) is 50.7 Å². The zero-order chi connectivity index (χ0) is 26.2. The molecular weight excluding hydrogens is 470 g/mol. The van der Waals surface area contributed by atoms with Gasteiger partial charge >= 0.3 is 0 Å². The fourth-order valence-electron chi connectivity index (χ4n) is 6.03. The number of carbonyl (C=O) groups is 1. The predicted molar refractivity (Wildman–Crippen MR) is 154 cm³/mol. The first kappa shape index (κ1) is 26.5. The van der Waals surface area contributed by atoms with Crippen molar-refractivity contribution in [3.8, 4) is 5.75 Å². The molecule has 0 bridgehead atoms. The number of piperidine rings is 1. The second kappa shape index (κ2) is 13.1. The van der Waals surface area contributed by atoms with E-state index in [0.717, 1.165) is 52.0 Å². The van der Waals surface area contributed by atoms with Gasteiger partial charge in [-0.1, -0.05) is 79.7 Å². The molecule has 2 aliphatic rings. The van der Waals surface area contributed by atoms with Crippen LogP contribution < -0.4 is 10.1 Å². The second-order valence-corrected chi connectivity index (χ2v) is 10.6. The van der Waals surface area contributed by atoms with Gasteiger partial charge in [0.15, 0.2) is 0 Å². The Hall–Kier alpha value is -3.15. The molecule has 1 unspecified atom stereocenters. The van der Waals surface area contributed by atoms with E-state index in [1.807, 2.05) is 24.3 Å². The lowest BCUT2D eigenvalue weighted by Gasteiger charge is -2.35. The molecular formula is C33H41N3O2. The molecule has 5 nitrogen and oxygen atoms in total. The summed E-state index contributed by atoms with van der Waals surface area (Å²) in [6.07, 6.45) is 4.40. The molecule has 2 fully saturated rings. The lowest BCUT2D eigenvalue weighted by molar-refractivity contribution is 0.0892. The molecule has 5 rings (SSSR count). The third kappa shape index (κ3) is 6.64. The maximum Gasteiger partial charge on any atom is 0.255 e. The van der Waals surface area contributed by atoms with E-state index in [-0.39, 0.29) is 12.0 Å². The summed E-state index contributed by atoms with van der Waals surface area (Å²) in [5.74, 6) is 1.02. The van der Waals surface area contributed by atoms with E-state index in [2.05, 4.69) is 82.7 Å². The maximum atomic E-state index is 13.1. The quantitative estimate of drug-likeness (QED) is 0.386. The van der Waals surface area contributed by atoms with Crippen molar-refractivity contribution < 1.29 is 9.53 Å². The van der Waals surface area contributed by atoms with Gasteiger partial charge in [-0.3, -0.25) is 9.69 Å². The summed E-state index contributed by atoms with van der Waals surface area (Å²) < 4.78 is 6.45. The van der Waals surface area contributed by atoms with Gasteiger partial charge < -0.3 is 15.0 Å². The van der Waals surface area contributed by atoms with Crippen LogP contribution in [-0.2, 0) is 0 Å². The van der Waals surface area contributed by atoms with Crippen molar-refractivity contribution in [1.29, 1.82) is 0 Å². The Labute approximate surface area is 227 Å². The maximum absolute atomic E-state index is 13.1. The Kier molecular flexibility index (Phi) is 9.11. The van der Waals surface area contributed by atoms with Crippen LogP contribution in [0.25, 0.3) is 0 Å². The summed E-state index contributed by atoms with van der Waals surface area (Å²) >= 11 is 0. The van der Waals surface area contributed by atoms with Gasteiger partial charge in [0.05, 0.1) is 5.56 Å². The van der Waals surface area contributed by atoms with Crippen molar-refractivity contribution in [3.05, 3.63) is 102 Å². The summed E-state index contributed by atoms with van der Waals surface area (Å²) in [5, 5.41) is 3.17. The first-order chi connectivity index (χ1) is 18.7. The number of amides is 1. The number of para-hydroxylation sites is 1. The van der Waals surface area contributed by atoms with Crippen LogP contribution >= 0.6 is 0 Å². The van der Waals surface area contributed by atoms with Crippen molar-refractivity contribution in [1.82, 2.24) is 15.1 Å². The largest absolute Gasteiger partial charge is 0.489 e. The van der Waals surface area contributed by atoms with Crippen molar-refractivity contribution >= 4 is 5.91 Å². The number of likely N-dealkylation sites (tertiary alicyclic amines) is 2. The summed E-state index contributed by atoms with van der Waals surface area (Å²) in [7, 11) is 0. The van der Waals surface area contributed by atoms with Crippen LogP contribution in [0, 0.1) is 0 Å². The molecule has 3 aromatic carbocycles. The number of carbonyl (C=O) groups excluding carboxylic acids is 1. The summed E-state index contributed by atoms with van der Waals surface area (Å²) in [4.78, 5) is 18.1. The number of ether oxygens (including phenoxy) is 1. The molecule has 5 heteroatoms. The molecule has 1 N–H and O–H groups in total. The highest BCUT2D eigenvalue weighted by Gasteiger charge is 2.27. The minimum atomic E-state index is -0.0328. The molecule has 0 saturated carbocycles. The molecule has 200 valence electrons. The minimum absolute atomic E-state index is 0.0328. The Bertz CT molecular complexity index is 1110. The molecule has 0 radical (unpaired) electrons. The lowest BCUT2D eigenvalue weighted by Crippen LogP contribution is -2.41. The van der Waals surface area contributed by atoms with Gasteiger partial charge in [0.25, 0.3) is 5.91 Å². The Morgan fingerprint density at radius 3 is 2.16 bits per heavy atom. The van der Waals surface area contributed by atoms with Crippen LogP contribution in [0.3, 0.4) is 0 Å². The van der Waals surface area contributed by atoms with E-state index >= 15 is 0 Å². The number of likely N-dealkylation sites (N-methyl/N-ethyl adjacent to an activating group) is 1. The summed E-state index contributed by atoms with van der Waals surface area (Å²) in [6, 6.07) is 29.8. The lowest BCUT2D eigenvalue weighted by atomic mass is 9.90. The van der Waals surface area contributed by atoms with Crippen molar-refractivity contribution in [2.75, 3.05) is 39.3 Å². The minimum Gasteiger partial charge on any atom is -0.489 e. The molecule has 38 heavy (non-hydrogen) atoms. The molecule has 2 aliphatic heterocycles. The van der Waals surface area contributed by atoms with E-state index in [0.29, 0.717) is 29.8 Å². The van der Waals surface area contributed by atoms with Gasteiger partial charge in [0.1, 0.15) is 11.9 Å². The fourth-order valence-corrected chi connectivity index (χ4v) is 6.03. The van der Waals surface area contributed by atoms with Gasteiger partial charge in [-0.2, -0.15) is 0 Å². The number of hydrogen-bond acceptors (Lipinski definition) is 4. The van der Waals surface area contributed by atoms with Crippen molar-refractivity contribution in [2.24, 2.45) is 0 Å². The molecule has 3 aromatic rings. The zero-order valence-electron chi connectivity index (χ0n) is 22.6. The molecule has 2 saturated heterocycles. The monoisotopic (exact) mass is 511 g/mol. The Morgan fingerprint density at radius 2 is 1.50 bits per heavy atom. The van der Waals surface area contributed by atoms with Crippen molar-refractivity contribution in [3.63, 3.8) is 0 Å². The Balaban J connectivity index is 1.17. The summed E-state index contributed by atoms with van der Waals surface area (Å²) in [5.41, 5.74) is 3.36. The standard InChI is InChI=1S/C33H41N3O2/c1-2-36-21-11-16-28(36)24-34-33(37)30-17-9-10-18-32(30)38-29-19-22-35(23-20-29)25-31(26-12-5-3-6-13-26)27-14-7-4-8-15-27/h3-10,12-15,17-18,28-29,31H,2,11,16,19-25H2,1H3,(H,34,37). The molecule has 0 aliphatic carbocycles. The van der Waals surface area contributed by atoms with Gasteiger partial charge in [0.2, 0.25) is 0 Å². The molecule has 1 amide bonds. The van der Waals surface area contributed by atoms with Crippen LogP contribution in [0.1, 0.15) is 60.0 Å². The van der Waals surface area contributed by atoms with Crippen LogP contribution in [0.5, 0.6) is 5.75 Å². The Morgan fingerprint density at radius 1 is 0.868 bits per heavy atom. The zero-order valence-corrected chi connectivity index (χ0v) is 22.6. The average molecular weight is 512 g/mol. The van der Waals surface area contributed by atoms with Gasteiger partial charge in [-0.25, -0.2) is 0 Å². The highest BCUT2D eigenvalue weighted by Crippen LogP contribution is 2.28. The number of rotatable bonds is 10. The summed E-state index contributed by atoms with van der Waals surface area (Å²) in [6.45, 7) is 8.04. The predicted octanol–water partition coefficient (Wildman–Crippen LogP) is 5.58. The normalized spacial score (nSPS) is 19.1. The van der Waals surface area contributed by atoms with E-state index in [1.165, 1.54) is 17.5 Å². The molecule has 2 heterocycles. The van der Waals surface area contributed by atoms with Gasteiger partial charge in [-0.05, 0) is 62.0 Å².